The zero-order valence-electron chi connectivity index (χ0n) is 15.7. The van der Waals surface area contributed by atoms with Crippen LogP contribution < -0.4 is 0 Å². The Labute approximate surface area is 172 Å². The fourth-order valence-corrected chi connectivity index (χ4v) is 4.10. The molecule has 0 N–H and O–H groups in total. The summed E-state index contributed by atoms with van der Waals surface area (Å²) in [5.74, 6) is -1.81. The Morgan fingerprint density at radius 3 is 2.24 bits per heavy atom. The molecular formula is C22H18ClNO5. The van der Waals surface area contributed by atoms with Crippen LogP contribution in [0.15, 0.2) is 36.4 Å². The van der Waals surface area contributed by atoms with Gasteiger partial charge in [0, 0.05) is 29.8 Å². The molecule has 29 heavy (non-hydrogen) atoms. The predicted octanol–water partition coefficient (Wildman–Crippen LogP) is 3.28. The van der Waals surface area contributed by atoms with E-state index in [4.69, 9.17) is 16.3 Å². The Kier molecular flexibility index (Phi) is 4.96. The van der Waals surface area contributed by atoms with Gasteiger partial charge in [-0.3, -0.25) is 14.4 Å². The van der Waals surface area contributed by atoms with E-state index in [1.54, 1.807) is 29.2 Å². The number of rotatable bonds is 3. The first kappa shape index (κ1) is 19.3. The number of halogens is 1. The predicted molar refractivity (Wildman–Crippen MR) is 105 cm³/mol. The smallest absolute Gasteiger partial charge is 0.340 e. The highest BCUT2D eigenvalue weighted by atomic mass is 35.5. The molecule has 4 rings (SSSR count). The average Bonchev–Trinajstić information content (AvgIpc) is 3.26. The molecule has 2 aromatic rings. The molecule has 1 aliphatic heterocycles. The fourth-order valence-electron chi connectivity index (χ4n) is 3.77. The molecule has 1 aliphatic carbocycles. The largest absolute Gasteiger partial charge is 0.449 e. The van der Waals surface area contributed by atoms with Gasteiger partial charge in [0.05, 0.1) is 16.1 Å². The van der Waals surface area contributed by atoms with Gasteiger partial charge in [-0.1, -0.05) is 35.9 Å². The Balaban J connectivity index is 1.63. The Hall–Kier alpha value is -2.99. The maximum atomic E-state index is 12.9. The second-order valence-electron chi connectivity index (χ2n) is 7.13. The third-order valence-electron chi connectivity index (χ3n) is 5.30. The number of likely N-dealkylation sites (tertiary alicyclic amines) is 1. The van der Waals surface area contributed by atoms with Crippen LogP contribution in [0, 0.1) is 0 Å². The van der Waals surface area contributed by atoms with E-state index < -0.39 is 17.9 Å². The van der Waals surface area contributed by atoms with Gasteiger partial charge in [0.1, 0.15) is 0 Å². The number of amides is 1. The molecule has 6 nitrogen and oxygen atoms in total. The molecule has 0 bridgehead atoms. The number of benzene rings is 2. The van der Waals surface area contributed by atoms with Gasteiger partial charge in [0.25, 0.3) is 5.91 Å². The minimum Gasteiger partial charge on any atom is -0.449 e. The first-order valence-electron chi connectivity index (χ1n) is 9.41. The molecule has 2 aromatic carbocycles. The number of ether oxygens (including phenoxy) is 1. The van der Waals surface area contributed by atoms with Crippen LogP contribution in [-0.4, -0.2) is 47.5 Å². The summed E-state index contributed by atoms with van der Waals surface area (Å²) in [6.45, 7) is 2.81. The summed E-state index contributed by atoms with van der Waals surface area (Å²) in [4.78, 5) is 52.3. The number of fused-ring (bicyclic) bond motifs is 2. The van der Waals surface area contributed by atoms with Crippen molar-refractivity contribution in [2.45, 2.75) is 25.9 Å². The monoisotopic (exact) mass is 411 g/mol. The van der Waals surface area contributed by atoms with Gasteiger partial charge < -0.3 is 9.64 Å². The van der Waals surface area contributed by atoms with Crippen LogP contribution in [0.4, 0.5) is 0 Å². The van der Waals surface area contributed by atoms with E-state index in [1.165, 1.54) is 19.1 Å². The summed E-state index contributed by atoms with van der Waals surface area (Å²) >= 11 is 6.37. The Morgan fingerprint density at radius 2 is 1.59 bits per heavy atom. The third kappa shape index (κ3) is 3.23. The minimum atomic E-state index is -0.967. The van der Waals surface area contributed by atoms with Crippen LogP contribution in [0.5, 0.6) is 0 Å². The van der Waals surface area contributed by atoms with E-state index in [-0.39, 0.29) is 39.0 Å². The third-order valence-corrected chi connectivity index (χ3v) is 5.69. The van der Waals surface area contributed by atoms with Gasteiger partial charge in [0.2, 0.25) is 0 Å². The van der Waals surface area contributed by atoms with Crippen molar-refractivity contribution in [1.29, 1.82) is 0 Å². The van der Waals surface area contributed by atoms with Crippen LogP contribution in [0.1, 0.15) is 62.0 Å². The van der Waals surface area contributed by atoms with Crippen LogP contribution in [0.3, 0.4) is 0 Å². The molecular weight excluding hydrogens is 394 g/mol. The Bertz CT molecular complexity index is 1060. The lowest BCUT2D eigenvalue weighted by Gasteiger charge is -2.22. The summed E-state index contributed by atoms with van der Waals surface area (Å²) in [7, 11) is 0. The lowest BCUT2D eigenvalue weighted by Crippen LogP contribution is -2.38. The first-order chi connectivity index (χ1) is 13.9. The van der Waals surface area contributed by atoms with Crippen molar-refractivity contribution in [2.24, 2.45) is 0 Å². The topological polar surface area (TPSA) is 80.8 Å². The lowest BCUT2D eigenvalue weighted by atomic mass is 9.83. The fraction of sp³-hybridized carbons (Fsp3) is 0.273. The molecule has 1 fully saturated rings. The van der Waals surface area contributed by atoms with Crippen molar-refractivity contribution in [2.75, 3.05) is 13.1 Å². The van der Waals surface area contributed by atoms with Crippen molar-refractivity contribution in [3.05, 3.63) is 69.2 Å². The summed E-state index contributed by atoms with van der Waals surface area (Å²) in [6, 6.07) is 9.24. The van der Waals surface area contributed by atoms with Crippen molar-refractivity contribution < 1.29 is 23.9 Å². The van der Waals surface area contributed by atoms with E-state index in [0.29, 0.717) is 18.7 Å². The molecule has 1 saturated heterocycles. The molecule has 0 saturated carbocycles. The Morgan fingerprint density at radius 1 is 0.966 bits per heavy atom. The summed E-state index contributed by atoms with van der Waals surface area (Å²) < 4.78 is 5.30. The number of hydrogen-bond acceptors (Lipinski definition) is 5. The summed E-state index contributed by atoms with van der Waals surface area (Å²) in [5, 5.41) is -0.138. The van der Waals surface area contributed by atoms with Crippen LogP contribution in [0.25, 0.3) is 0 Å². The van der Waals surface area contributed by atoms with E-state index >= 15 is 0 Å². The van der Waals surface area contributed by atoms with E-state index in [2.05, 4.69) is 0 Å². The number of carbonyl (C=O) groups is 4. The molecule has 7 heteroatoms. The van der Waals surface area contributed by atoms with Crippen molar-refractivity contribution in [3.63, 3.8) is 0 Å². The molecule has 1 atom stereocenters. The van der Waals surface area contributed by atoms with Gasteiger partial charge in [-0.25, -0.2) is 4.79 Å². The number of carbonyl (C=O) groups excluding carboxylic acids is 4. The molecule has 148 valence electrons. The molecule has 0 radical (unpaired) electrons. The van der Waals surface area contributed by atoms with Gasteiger partial charge in [0.15, 0.2) is 17.7 Å². The average molecular weight is 412 g/mol. The van der Waals surface area contributed by atoms with E-state index in [9.17, 15) is 19.2 Å². The van der Waals surface area contributed by atoms with Crippen LogP contribution >= 0.6 is 11.6 Å². The highest BCUT2D eigenvalue weighted by molar-refractivity contribution is 6.41. The highest BCUT2D eigenvalue weighted by Crippen LogP contribution is 2.34. The first-order valence-corrected chi connectivity index (χ1v) is 9.78. The van der Waals surface area contributed by atoms with Crippen LogP contribution in [-0.2, 0) is 9.53 Å². The van der Waals surface area contributed by atoms with Gasteiger partial charge >= 0.3 is 5.97 Å². The number of ketones is 2. The minimum absolute atomic E-state index is 0.0108. The van der Waals surface area contributed by atoms with Gasteiger partial charge in [-0.2, -0.15) is 0 Å². The zero-order chi connectivity index (χ0) is 20.7. The molecule has 1 heterocycles. The maximum absolute atomic E-state index is 12.9. The number of esters is 1. The second kappa shape index (κ2) is 7.44. The lowest BCUT2D eigenvalue weighted by molar-refractivity contribution is -0.138. The number of hydrogen-bond donors (Lipinski definition) is 0. The standard InChI is InChI=1S/C22H18ClNO5/c1-12(21(27)24-10-4-5-11-24)29-22(28)16-9-8-15-17(18(16)23)20(26)14-7-3-2-6-13(14)19(15)25/h2-3,6-9,12H,4-5,10-11H2,1H3/t12-/m0/s1. The highest BCUT2D eigenvalue weighted by Gasteiger charge is 2.34. The molecule has 2 aliphatic rings. The van der Waals surface area contributed by atoms with E-state index in [1.807, 2.05) is 0 Å². The number of nitrogens with zero attached hydrogens (tertiary/aromatic N) is 1. The zero-order valence-corrected chi connectivity index (χ0v) is 16.5. The molecule has 1 amide bonds. The van der Waals surface area contributed by atoms with E-state index in [0.717, 1.165) is 12.8 Å². The normalized spacial score (nSPS) is 16.3. The SMILES string of the molecule is C[C@H](OC(=O)c1ccc2c(c1Cl)C(=O)c1ccccc1C2=O)C(=O)N1CCCC1. The van der Waals surface area contributed by atoms with Gasteiger partial charge in [-0.05, 0) is 31.9 Å². The second-order valence-corrected chi connectivity index (χ2v) is 7.51. The van der Waals surface area contributed by atoms with Crippen molar-refractivity contribution in [1.82, 2.24) is 4.90 Å². The van der Waals surface area contributed by atoms with Crippen molar-refractivity contribution in [3.8, 4) is 0 Å². The quantitative estimate of drug-likeness (QED) is 0.618. The van der Waals surface area contributed by atoms with Crippen LogP contribution in [0.2, 0.25) is 5.02 Å². The molecule has 0 aromatic heterocycles. The summed E-state index contributed by atoms with van der Waals surface area (Å²) in [6.07, 6.45) is 0.896. The molecule has 0 unspecified atom stereocenters. The maximum Gasteiger partial charge on any atom is 0.340 e. The van der Waals surface area contributed by atoms with Gasteiger partial charge in [-0.15, -0.1) is 0 Å². The molecule has 0 spiro atoms. The summed E-state index contributed by atoms with van der Waals surface area (Å²) in [5.41, 5.74) is 0.642. The van der Waals surface area contributed by atoms with Crippen molar-refractivity contribution >= 4 is 35.0 Å².